The van der Waals surface area contributed by atoms with Gasteiger partial charge in [-0.2, -0.15) is 0 Å². The van der Waals surface area contributed by atoms with E-state index in [4.69, 9.17) is 17.3 Å². The summed E-state index contributed by atoms with van der Waals surface area (Å²) < 4.78 is 0.702. The van der Waals surface area contributed by atoms with Gasteiger partial charge in [0.15, 0.2) is 0 Å². The van der Waals surface area contributed by atoms with Gasteiger partial charge in [0.2, 0.25) is 5.91 Å². The van der Waals surface area contributed by atoms with E-state index < -0.39 is 0 Å². The maximum absolute atomic E-state index is 12.2. The third-order valence-corrected chi connectivity index (χ3v) is 4.09. The summed E-state index contributed by atoms with van der Waals surface area (Å²) in [6, 6.07) is 1.71. The van der Waals surface area contributed by atoms with Crippen LogP contribution in [0.1, 0.15) is 23.2 Å². The smallest absolute Gasteiger partial charge is 0.254 e. The Morgan fingerprint density at radius 1 is 1.48 bits per heavy atom. The summed E-state index contributed by atoms with van der Waals surface area (Å²) in [5, 5.41) is 3.13. The Morgan fingerprint density at radius 2 is 2.14 bits per heavy atom. The van der Waals surface area contributed by atoms with Crippen LogP contribution in [0.5, 0.6) is 0 Å². The molecule has 2 heterocycles. The second-order valence-electron chi connectivity index (χ2n) is 4.98. The minimum atomic E-state index is -0.329. The molecule has 0 atom stereocenters. The molecule has 114 valence electrons. The zero-order valence-corrected chi connectivity index (χ0v) is 13.7. The second-order valence-corrected chi connectivity index (χ2v) is 6.26. The molecule has 0 radical (unpaired) electrons. The minimum Gasteiger partial charge on any atom is -0.369 e. The van der Waals surface area contributed by atoms with Crippen LogP contribution in [-0.4, -0.2) is 47.4 Å². The molecule has 1 fully saturated rings. The van der Waals surface area contributed by atoms with Gasteiger partial charge in [-0.1, -0.05) is 11.6 Å². The van der Waals surface area contributed by atoms with Crippen LogP contribution in [-0.2, 0) is 4.79 Å². The van der Waals surface area contributed by atoms with Crippen molar-refractivity contribution in [3.8, 4) is 0 Å². The summed E-state index contributed by atoms with van der Waals surface area (Å²) in [5.74, 6) is -0.563. The standard InChI is InChI=1S/C13H16BrClN4O2/c14-8-5-10(12(15)17-6-8)13(21)18-9-1-3-19(4-2-9)7-11(16)20/h5-6,9H,1-4,7H2,(H2,16,20)(H,18,21). The van der Waals surface area contributed by atoms with E-state index in [1.165, 1.54) is 0 Å². The molecular formula is C13H16BrClN4O2. The highest BCUT2D eigenvalue weighted by atomic mass is 79.9. The Balaban J connectivity index is 1.90. The van der Waals surface area contributed by atoms with Gasteiger partial charge in [-0.15, -0.1) is 0 Å². The fraction of sp³-hybridized carbons (Fsp3) is 0.462. The van der Waals surface area contributed by atoms with Crippen molar-refractivity contribution in [2.75, 3.05) is 19.6 Å². The summed E-state index contributed by atoms with van der Waals surface area (Å²) in [5.41, 5.74) is 5.52. The first kappa shape index (κ1) is 16.2. The first-order chi connectivity index (χ1) is 9.95. The third-order valence-electron chi connectivity index (χ3n) is 3.35. The molecule has 0 aliphatic carbocycles. The van der Waals surface area contributed by atoms with E-state index >= 15 is 0 Å². The number of likely N-dealkylation sites (tertiary alicyclic amines) is 1. The molecule has 1 saturated heterocycles. The number of carbonyl (C=O) groups is 2. The van der Waals surface area contributed by atoms with Crippen molar-refractivity contribution in [1.29, 1.82) is 0 Å². The SMILES string of the molecule is NC(=O)CN1CCC(NC(=O)c2cc(Br)cnc2Cl)CC1. The summed E-state index contributed by atoms with van der Waals surface area (Å²) in [6.07, 6.45) is 3.09. The molecule has 0 saturated carbocycles. The van der Waals surface area contributed by atoms with Crippen molar-refractivity contribution in [1.82, 2.24) is 15.2 Å². The number of carbonyl (C=O) groups excluding carboxylic acids is 2. The van der Waals surface area contributed by atoms with Gasteiger partial charge in [0.25, 0.3) is 5.91 Å². The fourth-order valence-electron chi connectivity index (χ4n) is 2.30. The number of hydrogen-bond acceptors (Lipinski definition) is 4. The van der Waals surface area contributed by atoms with Gasteiger partial charge < -0.3 is 11.1 Å². The van der Waals surface area contributed by atoms with E-state index in [1.54, 1.807) is 12.3 Å². The second kappa shape index (κ2) is 7.20. The number of rotatable bonds is 4. The molecule has 1 aromatic heterocycles. The molecule has 3 N–H and O–H groups in total. The van der Waals surface area contributed by atoms with Crippen molar-refractivity contribution in [3.63, 3.8) is 0 Å². The maximum Gasteiger partial charge on any atom is 0.254 e. The monoisotopic (exact) mass is 374 g/mol. The van der Waals surface area contributed by atoms with Crippen molar-refractivity contribution in [2.24, 2.45) is 5.73 Å². The first-order valence-corrected chi connectivity index (χ1v) is 7.75. The largest absolute Gasteiger partial charge is 0.369 e. The lowest BCUT2D eigenvalue weighted by atomic mass is 10.0. The number of piperidine rings is 1. The van der Waals surface area contributed by atoms with Crippen LogP contribution in [0, 0.1) is 0 Å². The number of nitrogens with one attached hydrogen (secondary N) is 1. The van der Waals surface area contributed by atoms with E-state index in [1.807, 2.05) is 4.90 Å². The average molecular weight is 376 g/mol. The number of hydrogen-bond donors (Lipinski definition) is 2. The van der Waals surface area contributed by atoms with Gasteiger partial charge in [0.1, 0.15) is 5.15 Å². The fourth-order valence-corrected chi connectivity index (χ4v) is 2.82. The van der Waals surface area contributed by atoms with Gasteiger partial charge in [-0.25, -0.2) is 4.98 Å². The molecule has 0 bridgehead atoms. The zero-order valence-electron chi connectivity index (χ0n) is 11.3. The number of halogens is 2. The Bertz CT molecular complexity index is 547. The number of primary amides is 1. The van der Waals surface area contributed by atoms with Crippen molar-refractivity contribution in [2.45, 2.75) is 18.9 Å². The molecule has 8 heteroatoms. The summed E-state index contributed by atoms with van der Waals surface area (Å²) in [6.45, 7) is 1.73. The summed E-state index contributed by atoms with van der Waals surface area (Å²) in [4.78, 5) is 29.0. The van der Waals surface area contributed by atoms with E-state index in [0.717, 1.165) is 25.9 Å². The quantitative estimate of drug-likeness (QED) is 0.774. The molecule has 0 spiro atoms. The number of pyridine rings is 1. The van der Waals surface area contributed by atoms with Gasteiger partial charge in [-0.05, 0) is 34.8 Å². The molecular weight excluding hydrogens is 360 g/mol. The lowest BCUT2D eigenvalue weighted by Gasteiger charge is -2.31. The maximum atomic E-state index is 12.2. The first-order valence-electron chi connectivity index (χ1n) is 6.58. The molecule has 6 nitrogen and oxygen atoms in total. The molecule has 0 aromatic carbocycles. The van der Waals surface area contributed by atoms with Gasteiger partial charge in [-0.3, -0.25) is 14.5 Å². The number of aromatic nitrogens is 1. The lowest BCUT2D eigenvalue weighted by molar-refractivity contribution is -0.119. The van der Waals surface area contributed by atoms with E-state index in [0.29, 0.717) is 10.0 Å². The molecule has 1 aliphatic heterocycles. The van der Waals surface area contributed by atoms with Gasteiger partial charge in [0, 0.05) is 29.8 Å². The summed E-state index contributed by atoms with van der Waals surface area (Å²) >= 11 is 9.21. The Morgan fingerprint density at radius 3 is 2.76 bits per heavy atom. The molecule has 1 aromatic rings. The highest BCUT2D eigenvalue weighted by molar-refractivity contribution is 9.10. The molecule has 2 amide bonds. The zero-order chi connectivity index (χ0) is 15.4. The van der Waals surface area contributed by atoms with Crippen LogP contribution >= 0.6 is 27.5 Å². The lowest BCUT2D eigenvalue weighted by Crippen LogP contribution is -2.46. The van der Waals surface area contributed by atoms with Gasteiger partial charge >= 0.3 is 0 Å². The number of amides is 2. The van der Waals surface area contributed by atoms with E-state index in [2.05, 4.69) is 26.2 Å². The Labute approximate surface area is 136 Å². The third kappa shape index (κ3) is 4.66. The van der Waals surface area contributed by atoms with Crippen molar-refractivity contribution in [3.05, 3.63) is 27.5 Å². The number of nitrogens with zero attached hydrogens (tertiary/aromatic N) is 2. The Kier molecular flexibility index (Phi) is 5.55. The van der Waals surface area contributed by atoms with Crippen LogP contribution < -0.4 is 11.1 Å². The normalized spacial score (nSPS) is 16.7. The summed E-state index contributed by atoms with van der Waals surface area (Å²) in [7, 11) is 0. The Hall–Kier alpha value is -1.18. The predicted molar refractivity (Wildman–Crippen MR) is 83.1 cm³/mol. The van der Waals surface area contributed by atoms with E-state index in [9.17, 15) is 9.59 Å². The highest BCUT2D eigenvalue weighted by Gasteiger charge is 2.23. The number of nitrogens with two attached hydrogens (primary N) is 1. The molecule has 1 aliphatic rings. The van der Waals surface area contributed by atoms with E-state index in [-0.39, 0.29) is 29.6 Å². The van der Waals surface area contributed by atoms with Crippen LogP contribution in [0.4, 0.5) is 0 Å². The van der Waals surface area contributed by atoms with Crippen LogP contribution in [0.25, 0.3) is 0 Å². The predicted octanol–water partition coefficient (Wildman–Crippen LogP) is 1.18. The topological polar surface area (TPSA) is 88.3 Å². The van der Waals surface area contributed by atoms with Crippen LogP contribution in [0.2, 0.25) is 5.15 Å². The molecule has 21 heavy (non-hydrogen) atoms. The average Bonchev–Trinajstić information content (AvgIpc) is 2.43. The minimum absolute atomic E-state index is 0.0664. The molecule has 2 rings (SSSR count). The van der Waals surface area contributed by atoms with Crippen molar-refractivity contribution < 1.29 is 9.59 Å². The van der Waals surface area contributed by atoms with Crippen LogP contribution in [0.15, 0.2) is 16.7 Å². The van der Waals surface area contributed by atoms with Crippen LogP contribution in [0.3, 0.4) is 0 Å². The van der Waals surface area contributed by atoms with Crippen molar-refractivity contribution >= 4 is 39.3 Å². The van der Waals surface area contributed by atoms with Gasteiger partial charge in [0.05, 0.1) is 12.1 Å². The highest BCUT2D eigenvalue weighted by Crippen LogP contribution is 2.19. The molecule has 0 unspecified atom stereocenters.